The third kappa shape index (κ3) is 5.37. The second kappa shape index (κ2) is 5.70. The molecule has 0 spiro atoms. The largest absolute Gasteiger partial charge is 0.389 e. The standard InChI is InChI=1S/C10H15F3N4/c1-2-8-16-7(14)6-9(17-8)15-5-3-4-10(11,12)13/h6H,2-5H2,1H3,(H3,14,15,16,17). The number of halogens is 3. The Hall–Kier alpha value is -1.53. The minimum Gasteiger partial charge on any atom is -0.384 e. The van der Waals surface area contributed by atoms with Crippen LogP contribution in [0.5, 0.6) is 0 Å². The van der Waals surface area contributed by atoms with Gasteiger partial charge < -0.3 is 11.1 Å². The fourth-order valence-corrected chi connectivity index (χ4v) is 1.27. The van der Waals surface area contributed by atoms with Crippen molar-refractivity contribution < 1.29 is 13.2 Å². The summed E-state index contributed by atoms with van der Waals surface area (Å²) in [6.07, 6.45) is -4.28. The molecular formula is C10H15F3N4. The van der Waals surface area contributed by atoms with Crippen molar-refractivity contribution in [1.82, 2.24) is 9.97 Å². The molecular weight excluding hydrogens is 233 g/mol. The Labute approximate surface area is 97.4 Å². The molecule has 0 aromatic carbocycles. The summed E-state index contributed by atoms with van der Waals surface area (Å²) in [5.41, 5.74) is 5.54. The molecule has 0 unspecified atom stereocenters. The molecule has 1 aromatic heterocycles. The highest BCUT2D eigenvalue weighted by molar-refractivity contribution is 5.44. The van der Waals surface area contributed by atoms with E-state index in [1.807, 2.05) is 6.92 Å². The molecule has 0 amide bonds. The van der Waals surface area contributed by atoms with Crippen LogP contribution in [0, 0.1) is 0 Å². The van der Waals surface area contributed by atoms with E-state index in [0.29, 0.717) is 23.9 Å². The molecule has 3 N–H and O–H groups in total. The smallest absolute Gasteiger partial charge is 0.384 e. The molecule has 0 aliphatic carbocycles. The quantitative estimate of drug-likeness (QED) is 0.785. The van der Waals surface area contributed by atoms with Crippen LogP contribution in [0.15, 0.2) is 6.07 Å². The maximum atomic E-state index is 11.9. The van der Waals surface area contributed by atoms with E-state index in [1.165, 1.54) is 6.07 Å². The number of nitrogen functional groups attached to an aromatic ring is 1. The zero-order valence-corrected chi connectivity index (χ0v) is 9.51. The van der Waals surface area contributed by atoms with E-state index in [4.69, 9.17) is 5.73 Å². The molecule has 1 rings (SSSR count). The van der Waals surface area contributed by atoms with E-state index in [1.54, 1.807) is 0 Å². The van der Waals surface area contributed by atoms with Gasteiger partial charge in [-0.25, -0.2) is 9.97 Å². The van der Waals surface area contributed by atoms with Crippen molar-refractivity contribution in [3.63, 3.8) is 0 Å². The van der Waals surface area contributed by atoms with Gasteiger partial charge in [-0.2, -0.15) is 13.2 Å². The Balaban J connectivity index is 2.44. The molecule has 0 aliphatic rings. The monoisotopic (exact) mass is 248 g/mol. The predicted molar refractivity (Wildman–Crippen MR) is 59.6 cm³/mol. The minimum atomic E-state index is -4.11. The highest BCUT2D eigenvalue weighted by Gasteiger charge is 2.25. The topological polar surface area (TPSA) is 63.8 Å². The van der Waals surface area contributed by atoms with Gasteiger partial charge in [0.2, 0.25) is 0 Å². The lowest BCUT2D eigenvalue weighted by atomic mass is 10.3. The van der Waals surface area contributed by atoms with Crippen LogP contribution < -0.4 is 11.1 Å². The molecule has 1 heterocycles. The first-order valence-corrected chi connectivity index (χ1v) is 5.35. The van der Waals surface area contributed by atoms with E-state index in [-0.39, 0.29) is 13.0 Å². The number of anilines is 2. The molecule has 4 nitrogen and oxygen atoms in total. The third-order valence-corrected chi connectivity index (χ3v) is 2.05. The van der Waals surface area contributed by atoms with Gasteiger partial charge in [-0.1, -0.05) is 6.92 Å². The van der Waals surface area contributed by atoms with Gasteiger partial charge in [0.15, 0.2) is 0 Å². The van der Waals surface area contributed by atoms with Crippen LogP contribution in [0.25, 0.3) is 0 Å². The highest BCUT2D eigenvalue weighted by Crippen LogP contribution is 2.21. The first-order valence-electron chi connectivity index (χ1n) is 5.35. The number of hydrogen-bond donors (Lipinski definition) is 2. The van der Waals surface area contributed by atoms with Crippen molar-refractivity contribution in [2.45, 2.75) is 32.4 Å². The zero-order valence-electron chi connectivity index (χ0n) is 9.51. The van der Waals surface area contributed by atoms with Crippen LogP contribution in [-0.4, -0.2) is 22.7 Å². The summed E-state index contributed by atoms with van der Waals surface area (Å²) in [7, 11) is 0. The lowest BCUT2D eigenvalue weighted by molar-refractivity contribution is -0.134. The molecule has 0 saturated heterocycles. The van der Waals surface area contributed by atoms with Crippen LogP contribution in [0.4, 0.5) is 24.8 Å². The molecule has 1 aromatic rings. The van der Waals surface area contributed by atoms with E-state index in [0.717, 1.165) is 0 Å². The summed E-state index contributed by atoms with van der Waals surface area (Å²) < 4.78 is 35.7. The molecule has 0 atom stereocenters. The number of rotatable bonds is 5. The number of aromatic nitrogens is 2. The lowest BCUT2D eigenvalue weighted by Gasteiger charge is -2.09. The molecule has 7 heteroatoms. The van der Waals surface area contributed by atoms with Gasteiger partial charge in [-0.05, 0) is 6.42 Å². The maximum absolute atomic E-state index is 11.9. The minimum absolute atomic E-state index is 0.00880. The summed E-state index contributed by atoms with van der Waals surface area (Å²) in [5.74, 6) is 1.36. The number of hydrogen-bond acceptors (Lipinski definition) is 4. The van der Waals surface area contributed by atoms with Gasteiger partial charge in [-0.15, -0.1) is 0 Å². The summed E-state index contributed by atoms with van der Waals surface area (Å²) in [4.78, 5) is 8.07. The van der Waals surface area contributed by atoms with Gasteiger partial charge in [0, 0.05) is 25.5 Å². The van der Waals surface area contributed by atoms with Gasteiger partial charge >= 0.3 is 6.18 Å². The number of aryl methyl sites for hydroxylation is 1. The third-order valence-electron chi connectivity index (χ3n) is 2.05. The fourth-order valence-electron chi connectivity index (χ4n) is 1.27. The normalized spacial score (nSPS) is 11.5. The van der Waals surface area contributed by atoms with Crippen molar-refractivity contribution in [3.8, 4) is 0 Å². The molecule has 17 heavy (non-hydrogen) atoms. The Kier molecular flexibility index (Phi) is 4.53. The molecule has 96 valence electrons. The maximum Gasteiger partial charge on any atom is 0.389 e. The Morgan fingerprint density at radius 1 is 1.35 bits per heavy atom. The van der Waals surface area contributed by atoms with Crippen molar-refractivity contribution in [3.05, 3.63) is 11.9 Å². The Morgan fingerprint density at radius 3 is 2.65 bits per heavy atom. The van der Waals surface area contributed by atoms with Gasteiger partial charge in [0.05, 0.1) is 0 Å². The van der Waals surface area contributed by atoms with E-state index in [2.05, 4.69) is 15.3 Å². The average Bonchev–Trinajstić information content (AvgIpc) is 2.22. The zero-order chi connectivity index (χ0) is 12.9. The van der Waals surface area contributed by atoms with Crippen LogP contribution in [0.3, 0.4) is 0 Å². The first kappa shape index (κ1) is 13.5. The summed E-state index contributed by atoms with van der Waals surface area (Å²) in [6, 6.07) is 1.51. The SMILES string of the molecule is CCc1nc(N)cc(NCCCC(F)(F)F)n1. The number of nitrogens with zero attached hydrogens (tertiary/aromatic N) is 2. The van der Waals surface area contributed by atoms with Crippen LogP contribution in [-0.2, 0) is 6.42 Å². The van der Waals surface area contributed by atoms with Crippen molar-refractivity contribution in [2.24, 2.45) is 0 Å². The average molecular weight is 248 g/mol. The van der Waals surface area contributed by atoms with E-state index >= 15 is 0 Å². The molecule has 0 radical (unpaired) electrons. The lowest BCUT2D eigenvalue weighted by Crippen LogP contribution is -2.12. The van der Waals surface area contributed by atoms with Gasteiger partial charge in [-0.3, -0.25) is 0 Å². The van der Waals surface area contributed by atoms with E-state index in [9.17, 15) is 13.2 Å². The van der Waals surface area contributed by atoms with Crippen molar-refractivity contribution in [2.75, 3.05) is 17.6 Å². The molecule has 0 aliphatic heterocycles. The van der Waals surface area contributed by atoms with Gasteiger partial charge in [0.1, 0.15) is 17.5 Å². The number of nitrogens with one attached hydrogen (secondary N) is 1. The molecule has 0 bridgehead atoms. The molecule has 0 fully saturated rings. The number of nitrogens with two attached hydrogens (primary N) is 1. The van der Waals surface area contributed by atoms with Crippen molar-refractivity contribution >= 4 is 11.6 Å². The van der Waals surface area contributed by atoms with E-state index < -0.39 is 12.6 Å². The van der Waals surface area contributed by atoms with Crippen LogP contribution in [0.1, 0.15) is 25.6 Å². The van der Waals surface area contributed by atoms with Crippen molar-refractivity contribution in [1.29, 1.82) is 0 Å². The van der Waals surface area contributed by atoms with Crippen LogP contribution >= 0.6 is 0 Å². The second-order valence-corrected chi connectivity index (χ2v) is 3.59. The highest BCUT2D eigenvalue weighted by atomic mass is 19.4. The fraction of sp³-hybridized carbons (Fsp3) is 0.600. The Bertz CT molecular complexity index is 365. The summed E-state index contributed by atoms with van der Waals surface area (Å²) in [5, 5.41) is 2.80. The Morgan fingerprint density at radius 2 is 2.06 bits per heavy atom. The van der Waals surface area contributed by atoms with Crippen LogP contribution in [0.2, 0.25) is 0 Å². The first-order chi connectivity index (χ1) is 7.90. The second-order valence-electron chi connectivity index (χ2n) is 3.59. The summed E-state index contributed by atoms with van der Waals surface area (Å²) in [6.45, 7) is 2.08. The summed E-state index contributed by atoms with van der Waals surface area (Å²) >= 11 is 0. The van der Waals surface area contributed by atoms with Gasteiger partial charge in [0.25, 0.3) is 0 Å². The molecule has 0 saturated carbocycles. The predicted octanol–water partition coefficient (Wildman–Crippen LogP) is 2.38. The number of alkyl halides is 3.